The molecular formula is C26H28N2O. The molecule has 0 saturated carbocycles. The van der Waals surface area contributed by atoms with Crippen molar-refractivity contribution in [3.05, 3.63) is 89.5 Å². The van der Waals surface area contributed by atoms with Crippen LogP contribution in [0, 0.1) is 0 Å². The van der Waals surface area contributed by atoms with Crippen molar-refractivity contribution in [3.8, 4) is 11.1 Å². The molecule has 2 heterocycles. The third-order valence-corrected chi connectivity index (χ3v) is 6.51. The van der Waals surface area contributed by atoms with Crippen LogP contribution in [-0.2, 0) is 24.3 Å². The van der Waals surface area contributed by atoms with Gasteiger partial charge >= 0.3 is 0 Å². The van der Waals surface area contributed by atoms with Crippen molar-refractivity contribution in [1.82, 2.24) is 4.90 Å². The highest BCUT2D eigenvalue weighted by Gasteiger charge is 2.38. The normalized spacial score (nSPS) is 18.5. The quantitative estimate of drug-likeness (QED) is 0.643. The number of nitrogen functional groups attached to an aromatic ring is 1. The van der Waals surface area contributed by atoms with Crippen LogP contribution in [0.4, 0.5) is 5.69 Å². The Morgan fingerprint density at radius 1 is 0.828 bits per heavy atom. The van der Waals surface area contributed by atoms with E-state index >= 15 is 0 Å². The smallest absolute Gasteiger partial charge is 0.0751 e. The van der Waals surface area contributed by atoms with E-state index in [9.17, 15) is 0 Å². The summed E-state index contributed by atoms with van der Waals surface area (Å²) in [5.74, 6) is 0. The highest BCUT2D eigenvalue weighted by molar-refractivity contribution is 5.67. The van der Waals surface area contributed by atoms with Crippen molar-refractivity contribution in [2.24, 2.45) is 0 Å². The van der Waals surface area contributed by atoms with Gasteiger partial charge in [-0.2, -0.15) is 0 Å². The number of ether oxygens (including phenoxy) is 1. The monoisotopic (exact) mass is 384 g/mol. The maximum Gasteiger partial charge on any atom is 0.0751 e. The van der Waals surface area contributed by atoms with Gasteiger partial charge in [0.05, 0.1) is 12.2 Å². The lowest BCUT2D eigenvalue weighted by atomic mass is 9.81. The van der Waals surface area contributed by atoms with Gasteiger partial charge in [0.2, 0.25) is 0 Å². The fraction of sp³-hybridized carbons (Fsp3) is 0.308. The molecule has 3 heteroatoms. The SMILES string of the molecule is Nc1ccc(-c2ccc3c(c2)COC2(CCN(Cc4ccccc4)CC2)C3)cc1. The highest BCUT2D eigenvalue weighted by Crippen LogP contribution is 2.38. The second-order valence-corrected chi connectivity index (χ2v) is 8.52. The van der Waals surface area contributed by atoms with Crippen LogP contribution in [0.3, 0.4) is 0 Å². The van der Waals surface area contributed by atoms with Crippen molar-refractivity contribution in [1.29, 1.82) is 0 Å². The zero-order valence-corrected chi connectivity index (χ0v) is 16.8. The molecule has 29 heavy (non-hydrogen) atoms. The number of likely N-dealkylation sites (tertiary alicyclic amines) is 1. The van der Waals surface area contributed by atoms with Gasteiger partial charge in [-0.05, 0) is 58.9 Å². The molecule has 3 aromatic rings. The first-order valence-electron chi connectivity index (χ1n) is 10.6. The molecule has 2 N–H and O–H groups in total. The Hall–Kier alpha value is -2.62. The first-order chi connectivity index (χ1) is 14.2. The lowest BCUT2D eigenvalue weighted by Gasteiger charge is -2.44. The van der Waals surface area contributed by atoms with Crippen molar-refractivity contribution < 1.29 is 4.74 Å². The molecule has 0 unspecified atom stereocenters. The van der Waals surface area contributed by atoms with Gasteiger partial charge in [-0.15, -0.1) is 0 Å². The molecule has 1 fully saturated rings. The molecule has 0 bridgehead atoms. The van der Waals surface area contributed by atoms with E-state index < -0.39 is 0 Å². The zero-order valence-electron chi connectivity index (χ0n) is 16.8. The van der Waals surface area contributed by atoms with Crippen LogP contribution in [0.5, 0.6) is 0 Å². The van der Waals surface area contributed by atoms with E-state index in [0.717, 1.165) is 51.2 Å². The zero-order chi connectivity index (χ0) is 19.7. The summed E-state index contributed by atoms with van der Waals surface area (Å²) in [4.78, 5) is 2.56. The molecule has 0 amide bonds. The van der Waals surface area contributed by atoms with Gasteiger partial charge in [-0.3, -0.25) is 4.90 Å². The summed E-state index contributed by atoms with van der Waals surface area (Å²) >= 11 is 0. The summed E-state index contributed by atoms with van der Waals surface area (Å²) in [6.07, 6.45) is 3.25. The van der Waals surface area contributed by atoms with Crippen molar-refractivity contribution in [2.75, 3.05) is 18.8 Å². The number of anilines is 1. The van der Waals surface area contributed by atoms with Gasteiger partial charge in [0.15, 0.2) is 0 Å². The number of hydrogen-bond donors (Lipinski definition) is 1. The van der Waals surface area contributed by atoms with Crippen LogP contribution in [0.15, 0.2) is 72.8 Å². The summed E-state index contributed by atoms with van der Waals surface area (Å²) in [5, 5.41) is 0. The van der Waals surface area contributed by atoms with Crippen LogP contribution >= 0.6 is 0 Å². The Balaban J connectivity index is 1.26. The molecule has 1 saturated heterocycles. The first-order valence-corrected chi connectivity index (χ1v) is 10.6. The second kappa shape index (κ2) is 7.66. The fourth-order valence-electron chi connectivity index (χ4n) is 4.70. The lowest BCUT2D eigenvalue weighted by molar-refractivity contribution is -0.103. The van der Waals surface area contributed by atoms with Gasteiger partial charge in [-0.25, -0.2) is 0 Å². The molecule has 0 aromatic heterocycles. The molecule has 0 aliphatic carbocycles. The van der Waals surface area contributed by atoms with Crippen LogP contribution in [-0.4, -0.2) is 23.6 Å². The van der Waals surface area contributed by atoms with Gasteiger partial charge < -0.3 is 10.5 Å². The molecule has 5 rings (SSSR count). The molecular weight excluding hydrogens is 356 g/mol. The van der Waals surface area contributed by atoms with Crippen molar-refractivity contribution >= 4 is 5.69 Å². The van der Waals surface area contributed by atoms with Gasteiger partial charge in [0.1, 0.15) is 0 Å². The predicted molar refractivity (Wildman–Crippen MR) is 118 cm³/mol. The van der Waals surface area contributed by atoms with E-state index in [1.165, 1.54) is 27.8 Å². The minimum Gasteiger partial charge on any atom is -0.399 e. The molecule has 2 aliphatic rings. The third kappa shape index (κ3) is 3.93. The number of piperidine rings is 1. The van der Waals surface area contributed by atoms with Crippen LogP contribution in [0.1, 0.15) is 29.5 Å². The van der Waals surface area contributed by atoms with Gasteiger partial charge in [0, 0.05) is 31.7 Å². The first kappa shape index (κ1) is 18.4. The number of fused-ring (bicyclic) bond motifs is 1. The average Bonchev–Trinajstić information content (AvgIpc) is 2.77. The lowest BCUT2D eigenvalue weighted by Crippen LogP contribution is -2.48. The van der Waals surface area contributed by atoms with Crippen molar-refractivity contribution in [2.45, 2.75) is 38.0 Å². The summed E-state index contributed by atoms with van der Waals surface area (Å²) in [6, 6.07) is 25.7. The van der Waals surface area contributed by atoms with E-state index in [-0.39, 0.29) is 5.60 Å². The largest absolute Gasteiger partial charge is 0.399 e. The Bertz CT molecular complexity index is 973. The molecule has 3 nitrogen and oxygen atoms in total. The van der Waals surface area contributed by atoms with Crippen molar-refractivity contribution in [3.63, 3.8) is 0 Å². The molecule has 3 aromatic carbocycles. The maximum absolute atomic E-state index is 6.49. The predicted octanol–water partition coefficient (Wildman–Crippen LogP) is 5.04. The van der Waals surface area contributed by atoms with Crippen LogP contribution in [0.2, 0.25) is 0 Å². The molecule has 0 radical (unpaired) electrons. The van der Waals surface area contributed by atoms with E-state index in [0.29, 0.717) is 0 Å². The topological polar surface area (TPSA) is 38.5 Å². The van der Waals surface area contributed by atoms with E-state index in [2.05, 4.69) is 65.6 Å². The molecule has 1 spiro atoms. The summed E-state index contributed by atoms with van der Waals surface area (Å²) in [6.45, 7) is 3.97. The van der Waals surface area contributed by atoms with Crippen LogP contribution < -0.4 is 5.73 Å². The Morgan fingerprint density at radius 3 is 2.31 bits per heavy atom. The number of rotatable bonds is 3. The highest BCUT2D eigenvalue weighted by atomic mass is 16.5. The minimum absolute atomic E-state index is 0.0168. The summed E-state index contributed by atoms with van der Waals surface area (Å²) in [7, 11) is 0. The number of nitrogens with two attached hydrogens (primary N) is 1. The maximum atomic E-state index is 6.49. The van der Waals surface area contributed by atoms with E-state index in [1.54, 1.807) is 0 Å². The van der Waals surface area contributed by atoms with Gasteiger partial charge in [-0.1, -0.05) is 54.6 Å². The second-order valence-electron chi connectivity index (χ2n) is 8.52. The Labute approximate surface area is 173 Å². The number of hydrogen-bond acceptors (Lipinski definition) is 3. The summed E-state index contributed by atoms with van der Waals surface area (Å²) in [5.41, 5.74) is 13.3. The summed E-state index contributed by atoms with van der Waals surface area (Å²) < 4.78 is 6.49. The Kier molecular flexibility index (Phi) is 4.86. The number of benzene rings is 3. The van der Waals surface area contributed by atoms with E-state index in [1.807, 2.05) is 12.1 Å². The third-order valence-electron chi connectivity index (χ3n) is 6.51. The minimum atomic E-state index is 0.0168. The Morgan fingerprint density at radius 2 is 1.55 bits per heavy atom. The fourth-order valence-corrected chi connectivity index (χ4v) is 4.70. The average molecular weight is 385 g/mol. The molecule has 148 valence electrons. The van der Waals surface area contributed by atoms with Gasteiger partial charge in [0.25, 0.3) is 0 Å². The molecule has 2 aliphatic heterocycles. The standard InChI is InChI=1S/C26H28N2O/c27-25-10-8-21(9-11-25)22-6-7-23-17-26(29-19-24(23)16-22)12-14-28(15-13-26)18-20-4-2-1-3-5-20/h1-11,16H,12-15,17-19,27H2. The van der Waals surface area contributed by atoms with Crippen LogP contribution in [0.25, 0.3) is 11.1 Å². The van der Waals surface area contributed by atoms with E-state index in [4.69, 9.17) is 10.5 Å². The molecule has 0 atom stereocenters. The number of nitrogens with zero attached hydrogens (tertiary/aromatic N) is 1.